The van der Waals surface area contributed by atoms with Crippen molar-refractivity contribution in [1.82, 2.24) is 30.7 Å². The van der Waals surface area contributed by atoms with Gasteiger partial charge in [0.15, 0.2) is 0 Å². The van der Waals surface area contributed by atoms with Crippen LogP contribution in [0.2, 0.25) is 0 Å². The van der Waals surface area contributed by atoms with E-state index in [4.69, 9.17) is 9.47 Å². The van der Waals surface area contributed by atoms with Crippen molar-refractivity contribution in [3.63, 3.8) is 0 Å². The third kappa shape index (κ3) is 10.3. The number of carbonyl (C=O) groups excluding carboxylic acids is 6. The van der Waals surface area contributed by atoms with Crippen LogP contribution in [0.4, 0.5) is 18.0 Å². The number of ether oxygens (including phenoxy) is 2. The van der Waals surface area contributed by atoms with Crippen LogP contribution in [0.25, 0.3) is 10.9 Å². The summed E-state index contributed by atoms with van der Waals surface area (Å²) in [7, 11) is 1.05. The second-order valence-electron chi connectivity index (χ2n) is 15.8. The van der Waals surface area contributed by atoms with Crippen LogP contribution in [0.3, 0.4) is 0 Å². The van der Waals surface area contributed by atoms with Gasteiger partial charge in [-0.2, -0.15) is 13.2 Å². The number of methoxy groups -OCH3 is 1. The lowest BCUT2D eigenvalue weighted by atomic mass is 9.99. The maximum absolute atomic E-state index is 14.1. The minimum Gasteiger partial charge on any atom is -0.467 e. The Morgan fingerprint density at radius 3 is 1.93 bits per heavy atom. The van der Waals surface area contributed by atoms with E-state index < -0.39 is 102 Å². The van der Waals surface area contributed by atoms with Gasteiger partial charge in [0.1, 0.15) is 41.5 Å². The molecule has 0 radical (unpaired) electrons. The van der Waals surface area contributed by atoms with E-state index in [0.717, 1.165) is 7.11 Å². The van der Waals surface area contributed by atoms with E-state index in [0.29, 0.717) is 25.8 Å². The summed E-state index contributed by atoms with van der Waals surface area (Å²) in [5, 5.41) is 8.21. The molecule has 5 atom stereocenters. The van der Waals surface area contributed by atoms with Crippen molar-refractivity contribution in [3.8, 4) is 0 Å². The topological polar surface area (TPSA) is 179 Å². The number of nitrogens with zero attached hydrogens (tertiary/aromatic N) is 2. The van der Waals surface area contributed by atoms with Crippen LogP contribution in [-0.4, -0.2) is 106 Å². The first-order valence-corrected chi connectivity index (χ1v) is 18.6. The SMILES string of the molecule is COC(=O)[C@H](Cc1c(C(F)(F)F)[nH]c2ccccc12)NC(=O)[C@@H](NC(=O)C1CCCN1C(=O)[C@@H](NC(=O)[C@@H]1CCCN1C(=O)OC(C)(C)C)C(C)C)C(C)C. The Labute approximate surface area is 318 Å². The van der Waals surface area contributed by atoms with E-state index in [1.165, 1.54) is 21.9 Å². The summed E-state index contributed by atoms with van der Waals surface area (Å²) in [4.78, 5) is 85.9. The van der Waals surface area contributed by atoms with Crippen LogP contribution < -0.4 is 16.0 Å². The molecule has 2 aliphatic rings. The number of rotatable bonds is 12. The summed E-state index contributed by atoms with van der Waals surface area (Å²) in [5.74, 6) is -4.42. The largest absolute Gasteiger partial charge is 0.467 e. The smallest absolute Gasteiger partial charge is 0.431 e. The second kappa shape index (κ2) is 17.3. The van der Waals surface area contributed by atoms with Crippen LogP contribution in [0, 0.1) is 11.8 Å². The van der Waals surface area contributed by atoms with Crippen molar-refractivity contribution >= 4 is 46.6 Å². The molecule has 2 aliphatic heterocycles. The van der Waals surface area contributed by atoms with Crippen molar-refractivity contribution in [3.05, 3.63) is 35.5 Å². The number of fused-ring (bicyclic) bond motifs is 1. The molecule has 2 aromatic rings. The zero-order valence-corrected chi connectivity index (χ0v) is 32.6. The Balaban J connectivity index is 1.48. The summed E-state index contributed by atoms with van der Waals surface area (Å²) >= 11 is 0. The number of alkyl halides is 3. The van der Waals surface area contributed by atoms with Crippen molar-refractivity contribution in [1.29, 1.82) is 0 Å². The summed E-state index contributed by atoms with van der Waals surface area (Å²) in [6.45, 7) is 12.5. The molecule has 2 saturated heterocycles. The number of nitrogens with one attached hydrogen (secondary N) is 4. The number of hydrogen-bond acceptors (Lipinski definition) is 8. The fourth-order valence-corrected chi connectivity index (χ4v) is 7.06. The molecule has 17 heteroatoms. The zero-order chi connectivity index (χ0) is 41.0. The molecule has 304 valence electrons. The highest BCUT2D eigenvalue weighted by Gasteiger charge is 2.43. The highest BCUT2D eigenvalue weighted by Crippen LogP contribution is 2.36. The number of benzene rings is 1. The Kier molecular flexibility index (Phi) is 13.5. The van der Waals surface area contributed by atoms with Gasteiger partial charge in [-0.3, -0.25) is 24.1 Å². The van der Waals surface area contributed by atoms with Gasteiger partial charge in [0.25, 0.3) is 0 Å². The van der Waals surface area contributed by atoms with E-state index in [-0.39, 0.29) is 29.4 Å². The maximum atomic E-state index is 14.1. The molecule has 0 saturated carbocycles. The Morgan fingerprint density at radius 1 is 0.836 bits per heavy atom. The van der Waals surface area contributed by atoms with E-state index in [2.05, 4.69) is 20.9 Å². The minimum absolute atomic E-state index is 0.198. The standard InChI is InChI=1S/C38H53F3N6O8/c1-20(2)28(33(50)43-25(35(52)54-8)19-23-22-13-9-10-14-24(22)42-30(23)38(39,40)41)44-31(48)26-15-11-17-46(26)34(51)29(21(3)4)45-32(49)27-16-12-18-47(27)36(53)55-37(5,6)7/h9-10,13-14,20-21,25-29,42H,11-12,15-19H2,1-8H3,(H,43,50)(H,44,48)(H,45,49)/t25-,26?,27-,28-,29-/m0/s1. The van der Waals surface area contributed by atoms with E-state index >= 15 is 0 Å². The van der Waals surface area contributed by atoms with Crippen molar-refractivity contribution in [2.24, 2.45) is 11.8 Å². The molecular formula is C38H53F3N6O8. The van der Waals surface area contributed by atoms with Gasteiger partial charge in [-0.05, 0) is 69.9 Å². The number of H-pyrrole nitrogens is 1. The first-order valence-electron chi connectivity index (χ1n) is 18.6. The third-order valence-electron chi connectivity index (χ3n) is 9.81. The summed E-state index contributed by atoms with van der Waals surface area (Å²) in [6, 6.07) is 0.408. The molecule has 14 nitrogen and oxygen atoms in total. The number of esters is 1. The fourth-order valence-electron chi connectivity index (χ4n) is 7.06. The first-order chi connectivity index (χ1) is 25.6. The average molecular weight is 779 g/mol. The number of aromatic amines is 1. The number of amides is 5. The Morgan fingerprint density at radius 2 is 1.38 bits per heavy atom. The van der Waals surface area contributed by atoms with E-state index in [9.17, 15) is 41.9 Å². The summed E-state index contributed by atoms with van der Waals surface area (Å²) in [5.41, 5.74) is -1.86. The lowest BCUT2D eigenvalue weighted by molar-refractivity contribution is -0.147. The van der Waals surface area contributed by atoms with Crippen LogP contribution in [-0.2, 0) is 46.0 Å². The predicted octanol–water partition coefficient (Wildman–Crippen LogP) is 4.06. The van der Waals surface area contributed by atoms with Crippen LogP contribution in [0.1, 0.15) is 85.4 Å². The molecule has 4 rings (SSSR count). The summed E-state index contributed by atoms with van der Waals surface area (Å²) < 4.78 is 52.5. The van der Waals surface area contributed by atoms with Gasteiger partial charge in [-0.25, -0.2) is 9.59 Å². The molecule has 0 aliphatic carbocycles. The van der Waals surface area contributed by atoms with Crippen LogP contribution in [0.15, 0.2) is 24.3 Å². The molecular weight excluding hydrogens is 725 g/mol. The number of para-hydroxylation sites is 1. The molecule has 1 unspecified atom stereocenters. The molecule has 1 aromatic carbocycles. The van der Waals surface area contributed by atoms with Crippen LogP contribution >= 0.6 is 0 Å². The van der Waals surface area contributed by atoms with Gasteiger partial charge in [0, 0.05) is 30.4 Å². The predicted molar refractivity (Wildman–Crippen MR) is 195 cm³/mol. The number of hydrogen-bond donors (Lipinski definition) is 4. The molecule has 4 N–H and O–H groups in total. The maximum Gasteiger partial charge on any atom is 0.431 e. The van der Waals surface area contributed by atoms with Crippen molar-refractivity contribution < 1.29 is 51.4 Å². The molecule has 5 amide bonds. The van der Waals surface area contributed by atoms with Gasteiger partial charge in [0.05, 0.1) is 7.11 Å². The normalized spacial score (nSPS) is 19.3. The third-order valence-corrected chi connectivity index (χ3v) is 9.81. The van der Waals surface area contributed by atoms with Crippen molar-refractivity contribution in [2.75, 3.05) is 20.2 Å². The quantitative estimate of drug-likeness (QED) is 0.233. The molecule has 1 aromatic heterocycles. The number of likely N-dealkylation sites (tertiary alicyclic amines) is 2. The minimum atomic E-state index is -4.79. The average Bonchev–Trinajstić information content (AvgIpc) is 3.86. The Hall–Kier alpha value is -4.83. The lowest BCUT2D eigenvalue weighted by Gasteiger charge is -2.33. The number of aromatic nitrogens is 1. The molecule has 0 bridgehead atoms. The Bertz CT molecular complexity index is 1750. The van der Waals surface area contributed by atoms with Crippen molar-refractivity contribution in [2.45, 2.75) is 123 Å². The van der Waals surface area contributed by atoms with Crippen LogP contribution in [0.5, 0.6) is 0 Å². The lowest BCUT2D eigenvalue weighted by Crippen LogP contribution is -2.60. The van der Waals surface area contributed by atoms with Gasteiger partial charge in [0.2, 0.25) is 23.6 Å². The molecule has 55 heavy (non-hydrogen) atoms. The highest BCUT2D eigenvalue weighted by atomic mass is 19.4. The van der Waals surface area contributed by atoms with Gasteiger partial charge in [-0.15, -0.1) is 0 Å². The molecule has 0 spiro atoms. The van der Waals surface area contributed by atoms with Gasteiger partial charge >= 0.3 is 18.2 Å². The zero-order valence-electron chi connectivity index (χ0n) is 32.6. The highest BCUT2D eigenvalue weighted by molar-refractivity contribution is 5.97. The second-order valence-corrected chi connectivity index (χ2v) is 15.8. The van der Waals surface area contributed by atoms with Gasteiger partial charge in [-0.1, -0.05) is 45.9 Å². The number of carbonyl (C=O) groups is 6. The first kappa shape index (κ1) is 42.9. The van der Waals surface area contributed by atoms with E-state index in [1.807, 2.05) is 0 Å². The monoisotopic (exact) mass is 778 g/mol. The molecule has 3 heterocycles. The van der Waals surface area contributed by atoms with Gasteiger partial charge < -0.3 is 35.3 Å². The molecule has 2 fully saturated rings. The number of halogens is 3. The van der Waals surface area contributed by atoms with E-state index in [1.54, 1.807) is 60.6 Å². The summed E-state index contributed by atoms with van der Waals surface area (Å²) in [6.07, 6.45) is -4.27. The fraction of sp³-hybridized carbons (Fsp3) is 0.632.